The molecule has 9 nitrogen and oxygen atoms in total. The number of fused-ring (bicyclic) bond motifs is 1. The van der Waals surface area contributed by atoms with E-state index in [1.807, 2.05) is 21.6 Å². The lowest BCUT2D eigenvalue weighted by molar-refractivity contribution is 0.0382. The van der Waals surface area contributed by atoms with Crippen LogP contribution in [0.5, 0.6) is 5.75 Å². The number of nitrogens with zero attached hydrogens (tertiary/aromatic N) is 4. The molecule has 0 bridgehead atoms. The molecule has 4 rings (SSSR count). The van der Waals surface area contributed by atoms with Crippen LogP contribution in [0.1, 0.15) is 46.4 Å². The van der Waals surface area contributed by atoms with Crippen molar-refractivity contribution in [2.45, 2.75) is 71.1 Å². The number of aliphatic hydroxyl groups excluding tert-OH is 1. The van der Waals surface area contributed by atoms with E-state index in [0.717, 1.165) is 53.8 Å². The maximum Gasteiger partial charge on any atom is 0.250 e. The molecular formula is C26H41N5O4Si. The lowest BCUT2D eigenvalue weighted by atomic mass is 10.1. The Balaban J connectivity index is 1.56. The third-order valence-corrected chi connectivity index (χ3v) is 11.4. The third-order valence-electron chi connectivity index (χ3n) is 7.06. The molecule has 0 radical (unpaired) electrons. The van der Waals surface area contributed by atoms with Gasteiger partial charge >= 0.3 is 0 Å². The van der Waals surface area contributed by atoms with Gasteiger partial charge in [0, 0.05) is 50.1 Å². The summed E-state index contributed by atoms with van der Waals surface area (Å²) < 4.78 is 21.9. The molecule has 0 aliphatic carbocycles. The topological polar surface area (TPSA) is 95.6 Å². The fourth-order valence-electron chi connectivity index (χ4n) is 3.95. The van der Waals surface area contributed by atoms with Gasteiger partial charge in [0.05, 0.1) is 18.3 Å². The highest BCUT2D eigenvalue weighted by atomic mass is 28.4. The van der Waals surface area contributed by atoms with E-state index in [1.54, 1.807) is 0 Å². The van der Waals surface area contributed by atoms with Gasteiger partial charge in [0.15, 0.2) is 0 Å². The van der Waals surface area contributed by atoms with E-state index in [1.165, 1.54) is 0 Å². The van der Waals surface area contributed by atoms with Crippen molar-refractivity contribution in [1.82, 2.24) is 24.9 Å². The zero-order chi connectivity index (χ0) is 25.8. The number of benzene rings is 1. The molecule has 1 aromatic carbocycles. The van der Waals surface area contributed by atoms with Crippen LogP contribution in [0.2, 0.25) is 18.1 Å². The third kappa shape index (κ3) is 6.17. The Kier molecular flexibility index (Phi) is 8.51. The smallest absolute Gasteiger partial charge is 0.250 e. The minimum atomic E-state index is -1.98. The van der Waals surface area contributed by atoms with Gasteiger partial charge in [-0.3, -0.25) is 10.00 Å². The number of nitrogens with one attached hydrogen (secondary N) is 1. The molecule has 2 aromatic heterocycles. The molecule has 36 heavy (non-hydrogen) atoms. The average Bonchev–Trinajstić information content (AvgIpc) is 3.57. The van der Waals surface area contributed by atoms with Crippen molar-refractivity contribution in [3.05, 3.63) is 30.6 Å². The van der Waals surface area contributed by atoms with Crippen LogP contribution in [0, 0.1) is 0 Å². The molecule has 1 aliphatic heterocycles. The van der Waals surface area contributed by atoms with Crippen LogP contribution in [0.4, 0.5) is 0 Å². The second-order valence-electron chi connectivity index (χ2n) is 10.9. The molecular weight excluding hydrogens is 474 g/mol. The number of aliphatic hydroxyl groups is 1. The molecule has 0 spiro atoms. The molecule has 3 aromatic rings. The van der Waals surface area contributed by atoms with Crippen LogP contribution >= 0.6 is 0 Å². The number of aromatic nitrogens is 4. The first kappa shape index (κ1) is 26.8. The van der Waals surface area contributed by atoms with Crippen LogP contribution < -0.4 is 9.74 Å². The van der Waals surface area contributed by atoms with E-state index in [9.17, 15) is 0 Å². The van der Waals surface area contributed by atoms with Crippen molar-refractivity contribution in [3.63, 3.8) is 0 Å². The van der Waals surface area contributed by atoms with Crippen molar-refractivity contribution in [3.8, 4) is 17.0 Å². The van der Waals surface area contributed by atoms with Gasteiger partial charge in [-0.05, 0) is 55.6 Å². The Morgan fingerprint density at radius 1 is 1.19 bits per heavy atom. The summed E-state index contributed by atoms with van der Waals surface area (Å²) in [4.78, 5) is 0. The summed E-state index contributed by atoms with van der Waals surface area (Å²) in [5.41, 5.74) is 2.85. The number of unbranched alkanes of at least 4 members (excludes halogenated alkanes) is 1. The number of ether oxygens (including phenoxy) is 2. The molecule has 1 unspecified atom stereocenters. The van der Waals surface area contributed by atoms with Crippen molar-refractivity contribution < 1.29 is 19.0 Å². The lowest BCUT2D eigenvalue weighted by Gasteiger charge is -2.36. The molecule has 1 fully saturated rings. The van der Waals surface area contributed by atoms with Gasteiger partial charge in [0.1, 0.15) is 11.4 Å². The number of aryl methyl sites for hydroxylation is 1. The van der Waals surface area contributed by atoms with Gasteiger partial charge in [-0.25, -0.2) is 4.68 Å². The highest BCUT2D eigenvalue weighted by Crippen LogP contribution is 2.39. The SMILES string of the molecule is CC(C)(C)[Si](C)(C)Oc1ccc2c(c1)c(-c1cnn(CCCCOCCCO)c1)nn2C1NCCO1. The Labute approximate surface area is 214 Å². The minimum absolute atomic E-state index is 0.113. The Morgan fingerprint density at radius 2 is 2.00 bits per heavy atom. The van der Waals surface area contributed by atoms with Gasteiger partial charge in [0.25, 0.3) is 0 Å². The molecule has 1 aliphatic rings. The lowest BCUT2D eigenvalue weighted by Crippen LogP contribution is -2.43. The zero-order valence-corrected chi connectivity index (χ0v) is 23.3. The van der Waals surface area contributed by atoms with Crippen molar-refractivity contribution >= 4 is 19.2 Å². The monoisotopic (exact) mass is 515 g/mol. The number of hydrogen-bond donors (Lipinski definition) is 2. The summed E-state index contributed by atoms with van der Waals surface area (Å²) in [5, 5.41) is 22.9. The molecule has 0 saturated carbocycles. The van der Waals surface area contributed by atoms with E-state index in [2.05, 4.69) is 62.6 Å². The fourth-order valence-corrected chi connectivity index (χ4v) is 4.97. The predicted molar refractivity (Wildman–Crippen MR) is 144 cm³/mol. The standard InChI is InChI=1S/C26H41N5O4Si/c1-26(2,3)36(4,5)35-21-9-10-23-22(17-21)24(29-31(23)25-27-11-16-34-25)20-18-28-30(19-20)12-6-7-14-33-15-8-13-32/h9-10,17-19,25,27,32H,6-8,11-16H2,1-5H3. The van der Waals surface area contributed by atoms with Crippen LogP contribution in [0.15, 0.2) is 30.6 Å². The summed E-state index contributed by atoms with van der Waals surface area (Å²) >= 11 is 0. The van der Waals surface area contributed by atoms with E-state index >= 15 is 0 Å². The number of hydrogen-bond acceptors (Lipinski definition) is 7. The number of rotatable bonds is 12. The molecule has 198 valence electrons. The van der Waals surface area contributed by atoms with Gasteiger partial charge in [-0.1, -0.05) is 20.8 Å². The normalized spacial score (nSPS) is 16.8. The zero-order valence-electron chi connectivity index (χ0n) is 22.3. The predicted octanol–water partition coefficient (Wildman–Crippen LogP) is 4.54. The van der Waals surface area contributed by atoms with E-state index in [-0.39, 0.29) is 18.0 Å². The first-order chi connectivity index (χ1) is 17.2. The van der Waals surface area contributed by atoms with Gasteiger partial charge in [0.2, 0.25) is 14.7 Å². The van der Waals surface area contributed by atoms with Crippen molar-refractivity contribution in [2.24, 2.45) is 0 Å². The molecule has 2 N–H and O–H groups in total. The fraction of sp³-hybridized carbons (Fsp3) is 0.615. The van der Waals surface area contributed by atoms with Crippen LogP contribution in [0.25, 0.3) is 22.2 Å². The van der Waals surface area contributed by atoms with Crippen LogP contribution in [-0.4, -0.2) is 66.0 Å². The average molecular weight is 516 g/mol. The summed E-state index contributed by atoms with van der Waals surface area (Å²) in [6.45, 7) is 15.0. The second kappa shape index (κ2) is 11.4. The highest BCUT2D eigenvalue weighted by Gasteiger charge is 2.39. The Morgan fingerprint density at radius 3 is 2.72 bits per heavy atom. The molecule has 10 heteroatoms. The van der Waals surface area contributed by atoms with Crippen molar-refractivity contribution in [1.29, 1.82) is 0 Å². The van der Waals surface area contributed by atoms with Crippen LogP contribution in [-0.2, 0) is 16.0 Å². The largest absolute Gasteiger partial charge is 0.543 e. The van der Waals surface area contributed by atoms with Gasteiger partial charge in [-0.2, -0.15) is 10.2 Å². The minimum Gasteiger partial charge on any atom is -0.543 e. The van der Waals surface area contributed by atoms with Crippen molar-refractivity contribution in [2.75, 3.05) is 33.0 Å². The van der Waals surface area contributed by atoms with Crippen LogP contribution in [0.3, 0.4) is 0 Å². The first-order valence-electron chi connectivity index (χ1n) is 13.0. The highest BCUT2D eigenvalue weighted by molar-refractivity contribution is 6.74. The molecule has 1 atom stereocenters. The summed E-state index contributed by atoms with van der Waals surface area (Å²) in [7, 11) is -1.98. The second-order valence-corrected chi connectivity index (χ2v) is 15.6. The van der Waals surface area contributed by atoms with E-state index in [0.29, 0.717) is 26.2 Å². The molecule has 0 amide bonds. The Bertz CT molecular complexity index is 1130. The molecule has 3 heterocycles. The van der Waals surface area contributed by atoms with E-state index < -0.39 is 8.32 Å². The Hall–Kier alpha value is -2.24. The first-order valence-corrected chi connectivity index (χ1v) is 15.9. The summed E-state index contributed by atoms with van der Waals surface area (Å²) in [5.74, 6) is 0.879. The summed E-state index contributed by atoms with van der Waals surface area (Å²) in [6, 6.07) is 6.25. The van der Waals surface area contributed by atoms with Gasteiger partial charge < -0.3 is 19.0 Å². The van der Waals surface area contributed by atoms with E-state index in [4.69, 9.17) is 24.1 Å². The van der Waals surface area contributed by atoms with Gasteiger partial charge in [-0.15, -0.1) is 0 Å². The quantitative estimate of drug-likeness (QED) is 0.270. The summed E-state index contributed by atoms with van der Waals surface area (Å²) in [6.07, 6.45) is 6.27. The maximum absolute atomic E-state index is 8.83. The molecule has 1 saturated heterocycles. The maximum atomic E-state index is 8.83.